The van der Waals surface area contributed by atoms with Crippen molar-refractivity contribution in [1.29, 1.82) is 0 Å². The Bertz CT molecular complexity index is 242. The molecule has 0 saturated carbocycles. The van der Waals surface area contributed by atoms with E-state index in [2.05, 4.69) is 19.1 Å². The first-order chi connectivity index (χ1) is 10.3. The molecule has 0 saturated heterocycles. The number of allylic oxidation sites excluding steroid dienone is 2. The van der Waals surface area contributed by atoms with Crippen molar-refractivity contribution >= 4 is 5.78 Å². The lowest BCUT2D eigenvalue weighted by molar-refractivity contribution is -0.117. The van der Waals surface area contributed by atoms with Gasteiger partial charge in [-0.3, -0.25) is 0 Å². The first-order valence-electron chi connectivity index (χ1n) is 9.41. The maximum absolute atomic E-state index is 10.8. The van der Waals surface area contributed by atoms with Gasteiger partial charge in [0.2, 0.25) is 0 Å². The quantitative estimate of drug-likeness (QED) is 0.221. The van der Waals surface area contributed by atoms with Crippen LogP contribution in [0, 0.1) is 0 Å². The topological polar surface area (TPSA) is 17.1 Å². The second-order valence-electron chi connectivity index (χ2n) is 6.39. The van der Waals surface area contributed by atoms with E-state index in [-0.39, 0.29) is 0 Å². The highest BCUT2D eigenvalue weighted by molar-refractivity contribution is 5.75. The third-order valence-corrected chi connectivity index (χ3v) is 4.04. The van der Waals surface area contributed by atoms with Gasteiger partial charge in [-0.1, -0.05) is 76.9 Å². The Labute approximate surface area is 133 Å². The summed E-state index contributed by atoms with van der Waals surface area (Å²) in [5.74, 6) is 0.338. The Morgan fingerprint density at radius 3 is 1.57 bits per heavy atom. The maximum Gasteiger partial charge on any atom is 0.129 e. The highest BCUT2D eigenvalue weighted by atomic mass is 16.1. The number of ketones is 1. The lowest BCUT2D eigenvalue weighted by atomic mass is 10.1. The number of carbonyl (C=O) groups is 1. The summed E-state index contributed by atoms with van der Waals surface area (Å²) in [6.07, 6.45) is 24.1. The molecule has 124 valence electrons. The maximum atomic E-state index is 10.8. The fourth-order valence-electron chi connectivity index (χ4n) is 2.62. The van der Waals surface area contributed by atoms with E-state index in [0.717, 1.165) is 12.8 Å². The molecule has 1 heteroatoms. The molecule has 0 aliphatic carbocycles. The van der Waals surface area contributed by atoms with Gasteiger partial charge < -0.3 is 4.79 Å². The van der Waals surface area contributed by atoms with Gasteiger partial charge in [0.1, 0.15) is 5.78 Å². The van der Waals surface area contributed by atoms with Crippen molar-refractivity contribution < 1.29 is 4.79 Å². The van der Waals surface area contributed by atoms with Gasteiger partial charge in [-0.25, -0.2) is 0 Å². The van der Waals surface area contributed by atoms with Crippen LogP contribution < -0.4 is 0 Å². The van der Waals surface area contributed by atoms with Crippen molar-refractivity contribution in [3.8, 4) is 0 Å². The Hall–Kier alpha value is -0.590. The summed E-state index contributed by atoms with van der Waals surface area (Å²) in [6.45, 7) is 3.96. The average molecular weight is 295 g/mol. The first-order valence-corrected chi connectivity index (χ1v) is 9.41. The molecule has 0 aromatic heterocycles. The van der Waals surface area contributed by atoms with Gasteiger partial charge in [0, 0.05) is 6.42 Å². The zero-order valence-corrected chi connectivity index (χ0v) is 14.7. The predicted octanol–water partition coefficient (Wildman–Crippen LogP) is 7.00. The van der Waals surface area contributed by atoms with Crippen molar-refractivity contribution in [3.63, 3.8) is 0 Å². The number of hydrogen-bond donors (Lipinski definition) is 0. The molecule has 0 amide bonds. The number of unbranched alkanes of at least 4 members (excludes halogenated alkanes) is 12. The summed E-state index contributed by atoms with van der Waals surface area (Å²) < 4.78 is 0. The molecular formula is C20H38O. The van der Waals surface area contributed by atoms with Crippen LogP contribution in [0.15, 0.2) is 12.2 Å². The molecule has 0 aromatic rings. The highest BCUT2D eigenvalue weighted by Crippen LogP contribution is 2.10. The fraction of sp³-hybridized carbons (Fsp3) is 0.850. The van der Waals surface area contributed by atoms with Gasteiger partial charge in [0.05, 0.1) is 0 Å². The van der Waals surface area contributed by atoms with E-state index in [0.29, 0.717) is 5.78 Å². The SMILES string of the molecule is CCCCCCCCC=CCCCCCCCCC(C)=O. The minimum Gasteiger partial charge on any atom is -0.300 e. The lowest BCUT2D eigenvalue weighted by Crippen LogP contribution is -1.89. The van der Waals surface area contributed by atoms with Gasteiger partial charge in [-0.15, -0.1) is 0 Å². The van der Waals surface area contributed by atoms with Crippen LogP contribution >= 0.6 is 0 Å². The second-order valence-corrected chi connectivity index (χ2v) is 6.39. The Morgan fingerprint density at radius 1 is 0.667 bits per heavy atom. The van der Waals surface area contributed by atoms with Crippen LogP contribution in [-0.2, 0) is 4.79 Å². The molecule has 0 spiro atoms. The molecule has 0 radical (unpaired) electrons. The lowest BCUT2D eigenvalue weighted by Gasteiger charge is -2.00. The van der Waals surface area contributed by atoms with Gasteiger partial charge in [-0.2, -0.15) is 0 Å². The molecule has 0 N–H and O–H groups in total. The van der Waals surface area contributed by atoms with E-state index in [1.165, 1.54) is 83.5 Å². The standard InChI is InChI=1S/C20H38O/c1-3-4-5-6-7-8-9-10-11-12-13-14-15-16-17-18-19-20(2)21/h10-11H,3-9,12-19H2,1-2H3. The fourth-order valence-corrected chi connectivity index (χ4v) is 2.62. The molecule has 0 rings (SSSR count). The second kappa shape index (κ2) is 17.5. The summed E-state index contributed by atoms with van der Waals surface area (Å²) in [4.78, 5) is 10.8. The number of carbonyl (C=O) groups excluding carboxylic acids is 1. The van der Waals surface area contributed by atoms with Crippen LogP contribution in [-0.4, -0.2) is 5.78 Å². The molecule has 0 unspecified atom stereocenters. The van der Waals surface area contributed by atoms with E-state index in [1.807, 2.05) is 0 Å². The molecular weight excluding hydrogens is 256 g/mol. The number of Topliss-reactive ketones (excluding diaryl/α,β-unsaturated/α-hetero) is 1. The third-order valence-electron chi connectivity index (χ3n) is 4.04. The van der Waals surface area contributed by atoms with E-state index in [9.17, 15) is 4.79 Å². The molecule has 0 aliphatic heterocycles. The van der Waals surface area contributed by atoms with Crippen molar-refractivity contribution in [3.05, 3.63) is 12.2 Å². The van der Waals surface area contributed by atoms with Crippen LogP contribution in [0.3, 0.4) is 0 Å². The van der Waals surface area contributed by atoms with Crippen LogP contribution in [0.5, 0.6) is 0 Å². The average Bonchev–Trinajstić information content (AvgIpc) is 2.46. The molecule has 0 heterocycles. The van der Waals surface area contributed by atoms with Crippen molar-refractivity contribution in [2.75, 3.05) is 0 Å². The molecule has 0 bridgehead atoms. The largest absolute Gasteiger partial charge is 0.300 e. The molecule has 21 heavy (non-hydrogen) atoms. The zero-order chi connectivity index (χ0) is 15.6. The van der Waals surface area contributed by atoms with Crippen molar-refractivity contribution in [1.82, 2.24) is 0 Å². The summed E-state index contributed by atoms with van der Waals surface area (Å²) in [6, 6.07) is 0. The number of hydrogen-bond acceptors (Lipinski definition) is 1. The summed E-state index contributed by atoms with van der Waals surface area (Å²) in [5.41, 5.74) is 0. The smallest absolute Gasteiger partial charge is 0.129 e. The van der Waals surface area contributed by atoms with E-state index in [4.69, 9.17) is 0 Å². The monoisotopic (exact) mass is 294 g/mol. The minimum atomic E-state index is 0.338. The van der Waals surface area contributed by atoms with Crippen LogP contribution in [0.1, 0.15) is 110 Å². The third kappa shape index (κ3) is 19.4. The molecule has 0 fully saturated rings. The van der Waals surface area contributed by atoms with Crippen LogP contribution in [0.2, 0.25) is 0 Å². The van der Waals surface area contributed by atoms with E-state index < -0.39 is 0 Å². The Balaban J connectivity index is 3.07. The zero-order valence-electron chi connectivity index (χ0n) is 14.7. The van der Waals surface area contributed by atoms with Crippen molar-refractivity contribution in [2.45, 2.75) is 110 Å². The summed E-state index contributed by atoms with van der Waals surface area (Å²) >= 11 is 0. The minimum absolute atomic E-state index is 0.338. The molecule has 0 aliphatic rings. The highest BCUT2D eigenvalue weighted by Gasteiger charge is 1.94. The molecule has 0 aromatic carbocycles. The van der Waals surface area contributed by atoms with Gasteiger partial charge in [-0.05, 0) is 39.0 Å². The first kappa shape index (κ1) is 20.4. The van der Waals surface area contributed by atoms with Crippen LogP contribution in [0.25, 0.3) is 0 Å². The molecule has 0 atom stereocenters. The van der Waals surface area contributed by atoms with E-state index >= 15 is 0 Å². The Kier molecular flexibility index (Phi) is 17.0. The van der Waals surface area contributed by atoms with Crippen LogP contribution in [0.4, 0.5) is 0 Å². The van der Waals surface area contributed by atoms with Gasteiger partial charge in [0.15, 0.2) is 0 Å². The molecule has 1 nitrogen and oxygen atoms in total. The predicted molar refractivity (Wildman–Crippen MR) is 94.8 cm³/mol. The van der Waals surface area contributed by atoms with Gasteiger partial charge in [0.25, 0.3) is 0 Å². The van der Waals surface area contributed by atoms with Gasteiger partial charge >= 0.3 is 0 Å². The summed E-state index contributed by atoms with van der Waals surface area (Å²) in [7, 11) is 0. The Morgan fingerprint density at radius 2 is 1.10 bits per heavy atom. The number of rotatable bonds is 16. The normalized spacial score (nSPS) is 11.3. The summed E-state index contributed by atoms with van der Waals surface area (Å²) in [5, 5.41) is 0. The van der Waals surface area contributed by atoms with Crippen molar-refractivity contribution in [2.24, 2.45) is 0 Å². The van der Waals surface area contributed by atoms with E-state index in [1.54, 1.807) is 6.92 Å².